The number of hydrogen-bond donors (Lipinski definition) is 1. The molecule has 1 saturated heterocycles. The van der Waals surface area contributed by atoms with E-state index in [1.54, 1.807) is 30.5 Å². The lowest BCUT2D eigenvalue weighted by Gasteiger charge is -2.24. The molecule has 3 heterocycles. The van der Waals surface area contributed by atoms with Gasteiger partial charge in [0.1, 0.15) is 4.90 Å². The molecule has 0 aliphatic carbocycles. The minimum Gasteiger partial charge on any atom is -0.356 e. The Hall–Kier alpha value is -2.16. The van der Waals surface area contributed by atoms with Crippen molar-refractivity contribution in [2.45, 2.75) is 30.7 Å². The number of aromatic nitrogens is 3. The van der Waals surface area contributed by atoms with Crippen LogP contribution >= 0.6 is 11.6 Å². The number of rotatable bonds is 4. The van der Waals surface area contributed by atoms with Gasteiger partial charge >= 0.3 is 0 Å². The van der Waals surface area contributed by atoms with Gasteiger partial charge in [0.2, 0.25) is 10.0 Å². The first-order valence-corrected chi connectivity index (χ1v) is 10.0. The first-order chi connectivity index (χ1) is 12.5. The summed E-state index contributed by atoms with van der Waals surface area (Å²) in [6.07, 6.45) is 3.07. The molecule has 7 nitrogen and oxygen atoms in total. The van der Waals surface area contributed by atoms with Crippen LogP contribution in [0.25, 0.3) is 11.3 Å². The molecule has 0 radical (unpaired) electrons. The number of benzene rings is 1. The van der Waals surface area contributed by atoms with Gasteiger partial charge in [-0.15, -0.1) is 0 Å². The number of H-pyrrole nitrogens is 1. The van der Waals surface area contributed by atoms with E-state index in [0.717, 1.165) is 17.7 Å². The average Bonchev–Trinajstić information content (AvgIpc) is 3.34. The Kier molecular flexibility index (Phi) is 4.34. The third-order valence-corrected chi connectivity index (χ3v) is 6.93. The van der Waals surface area contributed by atoms with Crippen LogP contribution in [0.4, 0.5) is 0 Å². The SMILES string of the molecule is Cc1cc(-c2cn[nH]c2[C@@H]2CCCN2S(=O)(=O)c2ccccc2Cl)on1. The van der Waals surface area contributed by atoms with Crippen molar-refractivity contribution in [2.75, 3.05) is 6.54 Å². The molecule has 3 aromatic rings. The second-order valence-corrected chi connectivity index (χ2v) is 8.50. The predicted octanol–water partition coefficient (Wildman–Crippen LogP) is 3.55. The quantitative estimate of drug-likeness (QED) is 0.732. The Balaban J connectivity index is 1.75. The number of hydrogen-bond acceptors (Lipinski definition) is 5. The molecule has 1 fully saturated rings. The van der Waals surface area contributed by atoms with E-state index in [9.17, 15) is 8.42 Å². The van der Waals surface area contributed by atoms with Gasteiger partial charge in [0.25, 0.3) is 0 Å². The van der Waals surface area contributed by atoms with Crippen molar-refractivity contribution in [3.8, 4) is 11.3 Å². The molecule has 0 bridgehead atoms. The molecule has 2 aromatic heterocycles. The van der Waals surface area contributed by atoms with E-state index < -0.39 is 10.0 Å². The van der Waals surface area contributed by atoms with E-state index in [4.69, 9.17) is 16.1 Å². The Morgan fingerprint density at radius 1 is 1.35 bits per heavy atom. The van der Waals surface area contributed by atoms with Crippen LogP contribution in [-0.2, 0) is 10.0 Å². The first-order valence-electron chi connectivity index (χ1n) is 8.22. The number of aromatic amines is 1. The zero-order valence-electron chi connectivity index (χ0n) is 14.0. The van der Waals surface area contributed by atoms with Crippen LogP contribution in [0.15, 0.2) is 45.9 Å². The van der Waals surface area contributed by atoms with E-state index in [1.807, 2.05) is 6.92 Å². The molecule has 4 rings (SSSR count). The molecule has 26 heavy (non-hydrogen) atoms. The predicted molar refractivity (Wildman–Crippen MR) is 96.1 cm³/mol. The summed E-state index contributed by atoms with van der Waals surface area (Å²) in [4.78, 5) is 0.116. The van der Waals surface area contributed by atoms with Crippen LogP contribution in [0.1, 0.15) is 30.3 Å². The third-order valence-electron chi connectivity index (χ3n) is 4.52. The standard InChI is InChI=1S/C17H17ClN4O3S/c1-11-9-15(25-21-11)12-10-19-20-17(12)14-6-4-8-22(14)26(23,24)16-7-3-2-5-13(16)18/h2-3,5,7,9-10,14H,4,6,8H2,1H3,(H,19,20)/t14-/m0/s1. The van der Waals surface area contributed by atoms with Gasteiger partial charge in [0.15, 0.2) is 5.76 Å². The molecule has 9 heteroatoms. The fourth-order valence-electron chi connectivity index (χ4n) is 3.33. The Bertz CT molecular complexity index is 1040. The van der Waals surface area contributed by atoms with Crippen molar-refractivity contribution in [1.82, 2.24) is 19.7 Å². The van der Waals surface area contributed by atoms with E-state index in [0.29, 0.717) is 24.4 Å². The van der Waals surface area contributed by atoms with Crippen molar-refractivity contribution >= 4 is 21.6 Å². The molecule has 1 N–H and O–H groups in total. The summed E-state index contributed by atoms with van der Waals surface area (Å²) < 4.78 is 33.2. The van der Waals surface area contributed by atoms with Gasteiger partial charge in [-0.2, -0.15) is 9.40 Å². The number of nitrogens with one attached hydrogen (secondary N) is 1. The number of aryl methyl sites for hydroxylation is 1. The fourth-order valence-corrected chi connectivity index (χ4v) is 5.49. The van der Waals surface area contributed by atoms with Gasteiger partial charge in [-0.05, 0) is 31.9 Å². The zero-order chi connectivity index (χ0) is 18.3. The summed E-state index contributed by atoms with van der Waals surface area (Å²) in [6, 6.07) is 7.93. The summed E-state index contributed by atoms with van der Waals surface area (Å²) in [5, 5.41) is 11.2. The van der Waals surface area contributed by atoms with Crippen LogP contribution in [-0.4, -0.2) is 34.6 Å². The van der Waals surface area contributed by atoms with Crippen molar-refractivity contribution < 1.29 is 12.9 Å². The molecular weight excluding hydrogens is 376 g/mol. The maximum Gasteiger partial charge on any atom is 0.245 e. The van der Waals surface area contributed by atoms with Gasteiger partial charge < -0.3 is 4.52 Å². The summed E-state index contributed by atoms with van der Waals surface area (Å²) in [5.74, 6) is 0.563. The van der Waals surface area contributed by atoms with Crippen LogP contribution in [0.5, 0.6) is 0 Å². The van der Waals surface area contributed by atoms with Gasteiger partial charge in [0, 0.05) is 12.6 Å². The van der Waals surface area contributed by atoms with Gasteiger partial charge in [-0.25, -0.2) is 8.42 Å². The lowest BCUT2D eigenvalue weighted by Crippen LogP contribution is -2.31. The monoisotopic (exact) mass is 392 g/mol. The summed E-state index contributed by atoms with van der Waals surface area (Å²) >= 11 is 6.14. The number of sulfonamides is 1. The summed E-state index contributed by atoms with van der Waals surface area (Å²) in [5.41, 5.74) is 2.17. The second-order valence-electron chi connectivity index (χ2n) is 6.23. The van der Waals surface area contributed by atoms with Crippen molar-refractivity contribution in [3.05, 3.63) is 52.9 Å². The molecule has 1 aromatic carbocycles. The Morgan fingerprint density at radius 2 is 2.15 bits per heavy atom. The minimum atomic E-state index is -3.73. The van der Waals surface area contributed by atoms with Crippen LogP contribution < -0.4 is 0 Å². The van der Waals surface area contributed by atoms with E-state index >= 15 is 0 Å². The first kappa shape index (κ1) is 17.3. The van der Waals surface area contributed by atoms with Crippen molar-refractivity contribution in [3.63, 3.8) is 0 Å². The van der Waals surface area contributed by atoms with Crippen molar-refractivity contribution in [1.29, 1.82) is 0 Å². The van der Waals surface area contributed by atoms with Gasteiger partial charge in [-0.3, -0.25) is 5.10 Å². The molecule has 1 atom stereocenters. The molecular formula is C17H17ClN4O3S. The van der Waals surface area contributed by atoms with Crippen LogP contribution in [0, 0.1) is 6.92 Å². The molecule has 0 saturated carbocycles. The number of nitrogens with zero attached hydrogens (tertiary/aromatic N) is 3. The molecule has 136 valence electrons. The van der Waals surface area contributed by atoms with Gasteiger partial charge in [-0.1, -0.05) is 28.9 Å². The van der Waals surface area contributed by atoms with Crippen molar-refractivity contribution in [2.24, 2.45) is 0 Å². The molecule has 0 amide bonds. The van der Waals surface area contributed by atoms with Crippen LogP contribution in [0.2, 0.25) is 5.02 Å². The topological polar surface area (TPSA) is 92.1 Å². The lowest BCUT2D eigenvalue weighted by atomic mass is 10.1. The van der Waals surface area contributed by atoms with Crippen LogP contribution in [0.3, 0.4) is 0 Å². The second kappa shape index (κ2) is 6.53. The highest BCUT2D eigenvalue weighted by molar-refractivity contribution is 7.89. The molecule has 0 spiro atoms. The lowest BCUT2D eigenvalue weighted by molar-refractivity contribution is 0.388. The summed E-state index contributed by atoms with van der Waals surface area (Å²) in [7, 11) is -3.73. The largest absolute Gasteiger partial charge is 0.356 e. The highest BCUT2D eigenvalue weighted by Gasteiger charge is 2.39. The molecule has 1 aliphatic heterocycles. The van der Waals surface area contributed by atoms with E-state index in [-0.39, 0.29) is 16.0 Å². The summed E-state index contributed by atoms with van der Waals surface area (Å²) in [6.45, 7) is 2.25. The highest BCUT2D eigenvalue weighted by Crippen LogP contribution is 2.40. The highest BCUT2D eigenvalue weighted by atomic mass is 35.5. The molecule has 1 aliphatic rings. The van der Waals surface area contributed by atoms with E-state index in [2.05, 4.69) is 15.4 Å². The van der Waals surface area contributed by atoms with Gasteiger partial charge in [0.05, 0.1) is 34.2 Å². The Labute approximate surface area is 156 Å². The Morgan fingerprint density at radius 3 is 2.88 bits per heavy atom. The minimum absolute atomic E-state index is 0.116. The maximum atomic E-state index is 13.2. The normalized spacial score (nSPS) is 18.5. The average molecular weight is 393 g/mol. The third kappa shape index (κ3) is 2.84. The smallest absolute Gasteiger partial charge is 0.245 e. The zero-order valence-corrected chi connectivity index (χ0v) is 15.6. The molecule has 0 unspecified atom stereocenters. The van der Waals surface area contributed by atoms with E-state index in [1.165, 1.54) is 10.4 Å². The maximum absolute atomic E-state index is 13.2. The number of halogens is 1. The fraction of sp³-hybridized carbons (Fsp3) is 0.294.